The van der Waals surface area contributed by atoms with Crippen molar-refractivity contribution in [1.82, 2.24) is 24.0 Å². The second kappa shape index (κ2) is 8.60. The minimum Gasteiger partial charge on any atom is -0.494 e. The minimum absolute atomic E-state index is 0.0543. The van der Waals surface area contributed by atoms with Gasteiger partial charge in [-0.1, -0.05) is 6.42 Å². The number of carbonyl (C=O) groups is 1. The number of likely N-dealkylation sites (tertiary alicyclic amines) is 1. The number of imidazole rings is 1. The molecule has 0 radical (unpaired) electrons. The number of hydrogen-bond donors (Lipinski definition) is 1. The molecule has 4 aromatic rings. The van der Waals surface area contributed by atoms with Crippen molar-refractivity contribution in [3.63, 3.8) is 0 Å². The predicted molar refractivity (Wildman–Crippen MR) is 135 cm³/mol. The number of amides is 1. The fourth-order valence-corrected chi connectivity index (χ4v) is 6.13. The number of alkyl halides is 1. The lowest BCUT2D eigenvalue weighted by atomic mass is 9.85. The van der Waals surface area contributed by atoms with E-state index in [9.17, 15) is 9.18 Å². The van der Waals surface area contributed by atoms with Crippen LogP contribution in [-0.2, 0) is 13.6 Å². The predicted octanol–water partition coefficient (Wildman–Crippen LogP) is 3.97. The average molecular weight is 497 g/mol. The van der Waals surface area contributed by atoms with Crippen LogP contribution < -0.4 is 10.5 Å². The quantitative estimate of drug-likeness (QED) is 0.451. The molecule has 2 fully saturated rings. The molecule has 2 atom stereocenters. The summed E-state index contributed by atoms with van der Waals surface area (Å²) in [7, 11) is 3.55. The molecule has 35 heavy (non-hydrogen) atoms. The molecule has 0 bridgehead atoms. The maximum Gasteiger partial charge on any atom is 0.254 e. The molecular weight excluding hydrogens is 467 g/mol. The second-order valence-electron chi connectivity index (χ2n) is 9.82. The van der Waals surface area contributed by atoms with Gasteiger partial charge < -0.3 is 24.5 Å². The molecule has 2 aliphatic rings. The molecule has 1 saturated heterocycles. The fraction of sp³-hybridized carbons (Fsp3) is 0.480. The van der Waals surface area contributed by atoms with E-state index in [0.29, 0.717) is 29.3 Å². The van der Waals surface area contributed by atoms with Gasteiger partial charge in [-0.15, -0.1) is 11.3 Å². The van der Waals surface area contributed by atoms with Crippen LogP contribution in [0.2, 0.25) is 0 Å². The molecule has 8 nitrogen and oxygen atoms in total. The number of methoxy groups -OCH3 is 1. The van der Waals surface area contributed by atoms with Crippen LogP contribution in [0.3, 0.4) is 0 Å². The molecule has 10 heteroatoms. The van der Waals surface area contributed by atoms with Crippen LogP contribution in [0.4, 0.5) is 4.39 Å². The van der Waals surface area contributed by atoms with Crippen LogP contribution in [0, 0.1) is 5.92 Å². The van der Waals surface area contributed by atoms with Crippen molar-refractivity contribution in [3.05, 3.63) is 29.3 Å². The number of fused-ring (bicyclic) bond motifs is 2. The lowest BCUT2D eigenvalue weighted by Gasteiger charge is -2.33. The first-order valence-electron chi connectivity index (χ1n) is 12.1. The van der Waals surface area contributed by atoms with Gasteiger partial charge in [-0.2, -0.15) is 0 Å². The fourth-order valence-electron chi connectivity index (χ4n) is 5.41. The Balaban J connectivity index is 1.44. The smallest absolute Gasteiger partial charge is 0.254 e. The van der Waals surface area contributed by atoms with E-state index in [-0.39, 0.29) is 24.9 Å². The summed E-state index contributed by atoms with van der Waals surface area (Å²) in [5, 5.41) is 0. The van der Waals surface area contributed by atoms with Gasteiger partial charge in [0.2, 0.25) is 0 Å². The highest BCUT2D eigenvalue weighted by atomic mass is 32.1. The summed E-state index contributed by atoms with van der Waals surface area (Å²) in [5.41, 5.74) is 11.8. The highest BCUT2D eigenvalue weighted by molar-refractivity contribution is 7.16. The number of piperidine rings is 1. The zero-order valence-electron chi connectivity index (χ0n) is 19.9. The van der Waals surface area contributed by atoms with Gasteiger partial charge in [0.05, 0.1) is 35.1 Å². The summed E-state index contributed by atoms with van der Waals surface area (Å²) >= 11 is 1.63. The summed E-state index contributed by atoms with van der Waals surface area (Å²) in [5.74, 6) is 1.77. The van der Waals surface area contributed by atoms with Gasteiger partial charge in [0, 0.05) is 31.7 Å². The zero-order valence-corrected chi connectivity index (χ0v) is 20.7. The Morgan fingerprint density at radius 1 is 1.29 bits per heavy atom. The molecular formula is C25H29FN6O2S. The van der Waals surface area contributed by atoms with Crippen LogP contribution in [0.25, 0.3) is 32.9 Å². The Morgan fingerprint density at radius 3 is 2.83 bits per heavy atom. The molecule has 1 saturated carbocycles. The Labute approximate surface area is 206 Å². The number of carbonyl (C=O) groups excluding carboxylic acids is 1. The zero-order chi connectivity index (χ0) is 24.3. The number of nitrogens with zero attached hydrogens (tertiary/aromatic N) is 5. The third-order valence-corrected chi connectivity index (χ3v) is 8.17. The molecule has 4 heterocycles. The Bertz CT molecular complexity index is 1410. The van der Waals surface area contributed by atoms with Gasteiger partial charge in [-0.05, 0) is 43.4 Å². The maximum atomic E-state index is 14.1. The van der Waals surface area contributed by atoms with E-state index in [1.807, 2.05) is 17.1 Å². The highest BCUT2D eigenvalue weighted by Gasteiger charge is 2.30. The van der Waals surface area contributed by atoms with Crippen molar-refractivity contribution < 1.29 is 13.9 Å². The first-order valence-corrected chi connectivity index (χ1v) is 13.0. The van der Waals surface area contributed by atoms with Gasteiger partial charge in [0.1, 0.15) is 17.4 Å². The van der Waals surface area contributed by atoms with Crippen LogP contribution >= 0.6 is 11.3 Å². The summed E-state index contributed by atoms with van der Waals surface area (Å²) < 4.78 is 25.2. The van der Waals surface area contributed by atoms with E-state index in [1.165, 1.54) is 24.2 Å². The van der Waals surface area contributed by atoms with Gasteiger partial charge in [-0.3, -0.25) is 4.79 Å². The number of benzene rings is 1. The number of nitrogens with two attached hydrogens (primary N) is 1. The summed E-state index contributed by atoms with van der Waals surface area (Å²) in [6.07, 6.45) is 2.94. The number of halogens is 1. The summed E-state index contributed by atoms with van der Waals surface area (Å²) in [6, 6.07) is 5.29. The van der Waals surface area contributed by atoms with Crippen molar-refractivity contribution in [2.45, 2.75) is 44.4 Å². The molecule has 3 aromatic heterocycles. The molecule has 1 amide bonds. The van der Waals surface area contributed by atoms with E-state index in [4.69, 9.17) is 15.5 Å². The molecule has 6 rings (SSSR count). The maximum absolute atomic E-state index is 14.1. The van der Waals surface area contributed by atoms with Crippen LogP contribution in [0.5, 0.6) is 5.75 Å². The second-order valence-corrected chi connectivity index (χ2v) is 10.7. The SMILES string of the molecule is COc1cc(C(=O)N2C[C@H](N)C[C@@H](F)C2)cc2nc(-c3cc4scnc4n3CC3CCC3)n(C)c12. The average Bonchev–Trinajstić information content (AvgIpc) is 3.48. The molecule has 1 aliphatic heterocycles. The number of aromatic nitrogens is 4. The summed E-state index contributed by atoms with van der Waals surface area (Å²) in [4.78, 5) is 24.3. The van der Waals surface area contributed by atoms with Crippen molar-refractivity contribution in [2.24, 2.45) is 18.7 Å². The number of aryl methyl sites for hydroxylation is 1. The Kier molecular flexibility index (Phi) is 5.52. The molecule has 2 N–H and O–H groups in total. The minimum atomic E-state index is -1.11. The van der Waals surface area contributed by atoms with Gasteiger partial charge in [0.25, 0.3) is 5.91 Å². The topological polar surface area (TPSA) is 91.2 Å². The lowest BCUT2D eigenvalue weighted by molar-refractivity contribution is 0.0606. The van der Waals surface area contributed by atoms with Crippen molar-refractivity contribution in [3.8, 4) is 17.3 Å². The Hall–Kier alpha value is -2.98. The van der Waals surface area contributed by atoms with Gasteiger partial charge in [-0.25, -0.2) is 14.4 Å². The number of hydrogen-bond acceptors (Lipinski definition) is 6. The standard InChI is InChI=1S/C25H29FN6O2S/c1-30-22-18(6-15(7-20(22)34-2)25(33)31-11-16(26)8-17(27)12-31)29-23(30)19-9-21-24(28-13-35-21)32(19)10-14-4-3-5-14/h6-7,9,13-14,16-17H,3-5,8,10-12,27H2,1-2H3/t16-,17-/m1/s1. The number of ether oxygens (including phenoxy) is 1. The molecule has 0 spiro atoms. The van der Waals surface area contributed by atoms with Crippen molar-refractivity contribution >= 4 is 38.6 Å². The normalized spacial score (nSPS) is 21.1. The summed E-state index contributed by atoms with van der Waals surface area (Å²) in [6.45, 7) is 1.32. The van der Waals surface area contributed by atoms with E-state index >= 15 is 0 Å². The van der Waals surface area contributed by atoms with Crippen molar-refractivity contribution in [2.75, 3.05) is 20.2 Å². The van der Waals surface area contributed by atoms with E-state index < -0.39 is 6.17 Å². The van der Waals surface area contributed by atoms with Crippen LogP contribution in [-0.4, -0.2) is 62.3 Å². The number of thiazole rings is 1. The van der Waals surface area contributed by atoms with Crippen LogP contribution in [0.1, 0.15) is 36.0 Å². The van der Waals surface area contributed by atoms with E-state index in [1.54, 1.807) is 30.6 Å². The molecule has 184 valence electrons. The highest BCUT2D eigenvalue weighted by Crippen LogP contribution is 2.37. The third kappa shape index (κ3) is 3.79. The molecule has 0 unspecified atom stereocenters. The molecule has 1 aliphatic carbocycles. The first kappa shape index (κ1) is 22.5. The van der Waals surface area contributed by atoms with E-state index in [2.05, 4.69) is 15.6 Å². The van der Waals surface area contributed by atoms with E-state index in [0.717, 1.165) is 33.9 Å². The van der Waals surface area contributed by atoms with Gasteiger partial charge in [0.15, 0.2) is 11.5 Å². The van der Waals surface area contributed by atoms with Crippen molar-refractivity contribution in [1.29, 1.82) is 0 Å². The lowest BCUT2D eigenvalue weighted by Crippen LogP contribution is -2.50. The van der Waals surface area contributed by atoms with Gasteiger partial charge >= 0.3 is 0 Å². The Morgan fingerprint density at radius 2 is 2.11 bits per heavy atom. The van der Waals surface area contributed by atoms with Crippen LogP contribution in [0.15, 0.2) is 23.7 Å². The third-order valence-electron chi connectivity index (χ3n) is 7.40. The number of rotatable bonds is 5. The largest absolute Gasteiger partial charge is 0.494 e. The first-order chi connectivity index (χ1) is 16.9. The monoisotopic (exact) mass is 496 g/mol. The molecule has 1 aromatic carbocycles.